The van der Waals surface area contributed by atoms with Crippen LogP contribution in [0.25, 0.3) is 22.2 Å². The van der Waals surface area contributed by atoms with Crippen LogP contribution in [-0.2, 0) is 11.3 Å². The summed E-state index contributed by atoms with van der Waals surface area (Å²) in [5.74, 6) is -0.889. The summed E-state index contributed by atoms with van der Waals surface area (Å²) in [4.78, 5) is 24.4. The fraction of sp³-hybridized carbons (Fsp3) is 0.316. The number of carboxylic acids is 1. The van der Waals surface area contributed by atoms with Crippen molar-refractivity contribution < 1.29 is 30.2 Å². The number of carbonyl (C=O) groups is 1. The molecule has 1 aromatic carbocycles. The third-order valence-corrected chi connectivity index (χ3v) is 4.88. The third kappa shape index (κ3) is 3.86. The van der Waals surface area contributed by atoms with Gasteiger partial charge in [-0.15, -0.1) is 0 Å². The minimum atomic E-state index is -0.889. The number of aliphatic carboxylic acids is 1. The SMILES string of the molecule is CN1CCN(c2ccccc2-c2cn(CC(=O)O)c3ncncc23)CC1.[H-].[Li+]. The van der Waals surface area contributed by atoms with Gasteiger partial charge in [0, 0.05) is 60.8 Å². The van der Waals surface area contributed by atoms with Gasteiger partial charge in [-0.3, -0.25) is 4.79 Å². The normalized spacial score (nSPS) is 14.9. The Morgan fingerprint density at radius 2 is 1.93 bits per heavy atom. The number of para-hydroxylation sites is 1. The van der Waals surface area contributed by atoms with E-state index in [0.717, 1.165) is 42.7 Å². The summed E-state index contributed by atoms with van der Waals surface area (Å²) in [5.41, 5.74) is 3.86. The Labute approximate surface area is 171 Å². The summed E-state index contributed by atoms with van der Waals surface area (Å²) in [6.45, 7) is 3.87. The molecule has 3 aromatic rings. The second-order valence-corrected chi connectivity index (χ2v) is 6.63. The number of aromatic nitrogens is 3. The predicted molar refractivity (Wildman–Crippen MR) is 101 cm³/mol. The molecule has 136 valence electrons. The summed E-state index contributed by atoms with van der Waals surface area (Å²) in [6.07, 6.45) is 5.09. The van der Waals surface area contributed by atoms with Gasteiger partial charge in [-0.25, -0.2) is 9.97 Å². The quantitative estimate of drug-likeness (QED) is 0.606. The second kappa shape index (κ2) is 8.13. The maximum Gasteiger partial charge on any atom is 1.00 e. The van der Waals surface area contributed by atoms with Crippen LogP contribution in [0.4, 0.5) is 5.69 Å². The Bertz CT molecular complexity index is 956. The molecule has 0 aliphatic carbocycles. The number of piperazine rings is 1. The number of hydrogen-bond acceptors (Lipinski definition) is 5. The molecule has 7 nitrogen and oxygen atoms in total. The standard InChI is InChI=1S/C19H21N5O2.Li.H/c1-22-6-8-23(9-7-22)17-5-3-2-4-14(17)16-11-24(12-18(25)26)19-15(16)10-20-13-21-19;;/h2-5,10-11,13H,6-9,12H2,1H3,(H,25,26);;/q;+1;-1. The summed E-state index contributed by atoms with van der Waals surface area (Å²) in [6, 6.07) is 8.27. The summed E-state index contributed by atoms with van der Waals surface area (Å²) in [7, 11) is 2.14. The molecular weight excluding hydrogens is 337 g/mol. The minimum Gasteiger partial charge on any atom is -1.00 e. The predicted octanol–water partition coefficient (Wildman–Crippen LogP) is -0.949. The van der Waals surface area contributed by atoms with E-state index in [1.807, 2.05) is 18.3 Å². The molecule has 1 aliphatic rings. The Hall–Kier alpha value is -2.33. The molecule has 0 saturated carbocycles. The van der Waals surface area contributed by atoms with Crippen molar-refractivity contribution in [3.63, 3.8) is 0 Å². The van der Waals surface area contributed by atoms with Crippen molar-refractivity contribution in [1.29, 1.82) is 0 Å². The van der Waals surface area contributed by atoms with Crippen LogP contribution in [0.15, 0.2) is 43.0 Å². The molecule has 0 spiro atoms. The van der Waals surface area contributed by atoms with Crippen molar-refractivity contribution in [1.82, 2.24) is 19.4 Å². The second-order valence-electron chi connectivity index (χ2n) is 6.63. The van der Waals surface area contributed by atoms with Crippen molar-refractivity contribution >= 4 is 22.7 Å². The number of likely N-dealkylation sites (N-methyl/N-ethyl adjacent to an activating group) is 1. The van der Waals surface area contributed by atoms with Gasteiger partial charge >= 0.3 is 24.8 Å². The van der Waals surface area contributed by atoms with E-state index in [-0.39, 0.29) is 26.8 Å². The maximum absolute atomic E-state index is 11.2. The molecule has 3 heterocycles. The first kappa shape index (κ1) is 19.4. The largest absolute Gasteiger partial charge is 1.00 e. The number of hydrogen-bond donors (Lipinski definition) is 1. The van der Waals surface area contributed by atoms with E-state index in [9.17, 15) is 9.90 Å². The van der Waals surface area contributed by atoms with Crippen LogP contribution < -0.4 is 23.8 Å². The molecule has 4 rings (SSSR count). The number of anilines is 1. The van der Waals surface area contributed by atoms with E-state index in [1.54, 1.807) is 10.8 Å². The van der Waals surface area contributed by atoms with Gasteiger partial charge < -0.3 is 20.9 Å². The van der Waals surface area contributed by atoms with Crippen LogP contribution in [0.3, 0.4) is 0 Å². The number of fused-ring (bicyclic) bond motifs is 1. The molecule has 0 radical (unpaired) electrons. The van der Waals surface area contributed by atoms with Crippen LogP contribution in [0.1, 0.15) is 1.43 Å². The zero-order valence-electron chi connectivity index (χ0n) is 16.7. The van der Waals surface area contributed by atoms with Crippen LogP contribution in [0.2, 0.25) is 0 Å². The fourth-order valence-corrected chi connectivity index (χ4v) is 3.53. The van der Waals surface area contributed by atoms with E-state index in [0.29, 0.717) is 5.65 Å². The molecule has 0 bridgehead atoms. The number of rotatable bonds is 4. The van der Waals surface area contributed by atoms with Gasteiger partial charge in [-0.05, 0) is 13.1 Å². The van der Waals surface area contributed by atoms with E-state index in [2.05, 4.69) is 38.9 Å². The monoisotopic (exact) mass is 359 g/mol. The van der Waals surface area contributed by atoms with Gasteiger partial charge in [0.2, 0.25) is 0 Å². The number of nitrogens with zero attached hydrogens (tertiary/aromatic N) is 5. The maximum atomic E-state index is 11.2. The molecule has 0 amide bonds. The molecule has 1 aliphatic heterocycles. The van der Waals surface area contributed by atoms with E-state index in [1.165, 1.54) is 12.0 Å². The summed E-state index contributed by atoms with van der Waals surface area (Å²) < 4.78 is 1.68. The van der Waals surface area contributed by atoms with Crippen molar-refractivity contribution in [3.05, 3.63) is 43.0 Å². The van der Waals surface area contributed by atoms with E-state index < -0.39 is 5.97 Å². The number of carboxylic acid groups (broad SMARTS) is 1. The first-order chi connectivity index (χ1) is 12.6. The van der Waals surface area contributed by atoms with Gasteiger partial charge in [0.05, 0.1) is 0 Å². The van der Waals surface area contributed by atoms with Crippen LogP contribution in [-0.4, -0.2) is 63.7 Å². The Kier molecular flexibility index (Phi) is 5.85. The zero-order chi connectivity index (χ0) is 18.1. The summed E-state index contributed by atoms with van der Waals surface area (Å²) in [5, 5.41) is 10.1. The fourth-order valence-electron chi connectivity index (χ4n) is 3.53. The molecular formula is C19H22LiN5O2. The first-order valence-corrected chi connectivity index (χ1v) is 8.67. The van der Waals surface area contributed by atoms with Gasteiger partial charge in [-0.2, -0.15) is 0 Å². The van der Waals surface area contributed by atoms with Crippen LogP contribution >= 0.6 is 0 Å². The molecule has 2 aromatic heterocycles. The average molecular weight is 359 g/mol. The molecule has 8 heteroatoms. The minimum absolute atomic E-state index is 0. The van der Waals surface area contributed by atoms with Crippen molar-refractivity contribution in [2.24, 2.45) is 0 Å². The van der Waals surface area contributed by atoms with Gasteiger partial charge in [0.25, 0.3) is 0 Å². The van der Waals surface area contributed by atoms with Crippen molar-refractivity contribution in [3.8, 4) is 11.1 Å². The van der Waals surface area contributed by atoms with Crippen molar-refractivity contribution in [2.45, 2.75) is 6.54 Å². The van der Waals surface area contributed by atoms with Crippen LogP contribution in [0, 0.1) is 0 Å². The van der Waals surface area contributed by atoms with Crippen LogP contribution in [0.5, 0.6) is 0 Å². The van der Waals surface area contributed by atoms with Gasteiger partial charge in [0.15, 0.2) is 0 Å². The number of benzene rings is 1. The topological polar surface area (TPSA) is 74.5 Å². The smallest absolute Gasteiger partial charge is 1.00 e. The Morgan fingerprint density at radius 3 is 2.67 bits per heavy atom. The molecule has 0 unspecified atom stereocenters. The van der Waals surface area contributed by atoms with Gasteiger partial charge in [-0.1, -0.05) is 18.2 Å². The third-order valence-electron chi connectivity index (χ3n) is 4.88. The molecule has 1 saturated heterocycles. The zero-order valence-corrected chi connectivity index (χ0v) is 15.7. The van der Waals surface area contributed by atoms with E-state index in [4.69, 9.17) is 0 Å². The Morgan fingerprint density at radius 1 is 1.19 bits per heavy atom. The molecule has 27 heavy (non-hydrogen) atoms. The van der Waals surface area contributed by atoms with Crippen molar-refractivity contribution in [2.75, 3.05) is 38.1 Å². The van der Waals surface area contributed by atoms with E-state index >= 15 is 0 Å². The molecule has 0 atom stereocenters. The summed E-state index contributed by atoms with van der Waals surface area (Å²) >= 11 is 0. The first-order valence-electron chi connectivity index (χ1n) is 8.67. The average Bonchev–Trinajstić information content (AvgIpc) is 3.00. The Balaban J connectivity index is 0.00000140. The molecule has 1 N–H and O–H groups in total. The molecule has 1 fully saturated rings. The van der Waals surface area contributed by atoms with Gasteiger partial charge in [0.1, 0.15) is 18.5 Å².